The quantitative estimate of drug-likeness (QED) is 0.756. The van der Waals surface area contributed by atoms with Gasteiger partial charge in [0, 0.05) is 6.04 Å². The molecule has 2 rings (SSSR count). The molecule has 2 fully saturated rings. The largest absolute Gasteiger partial charge is 0.391 e. The van der Waals surface area contributed by atoms with Gasteiger partial charge in [-0.3, -0.25) is 4.90 Å². The van der Waals surface area contributed by atoms with E-state index >= 15 is 0 Å². The molecule has 1 aliphatic carbocycles. The van der Waals surface area contributed by atoms with Crippen LogP contribution in [0.4, 0.5) is 0 Å². The maximum absolute atomic E-state index is 9.90. The van der Waals surface area contributed by atoms with Gasteiger partial charge in [-0.25, -0.2) is 0 Å². The third-order valence-electron chi connectivity index (χ3n) is 4.36. The first-order valence-corrected chi connectivity index (χ1v) is 6.88. The van der Waals surface area contributed by atoms with E-state index in [-0.39, 0.29) is 6.10 Å². The standard InChI is InChI=1S/C13H26N2O/c1-14-8-5-11-6-9-15(10-7-11)12-3-2-4-13(12)16/h11-14,16H,2-10H2,1H3. The molecule has 0 aromatic heterocycles. The van der Waals surface area contributed by atoms with Gasteiger partial charge in [-0.2, -0.15) is 0 Å². The van der Waals surface area contributed by atoms with Crippen molar-refractivity contribution in [2.75, 3.05) is 26.7 Å². The summed E-state index contributed by atoms with van der Waals surface area (Å²) in [6.45, 7) is 3.56. The fraction of sp³-hybridized carbons (Fsp3) is 1.00. The van der Waals surface area contributed by atoms with Crippen molar-refractivity contribution in [2.45, 2.75) is 50.7 Å². The van der Waals surface area contributed by atoms with Gasteiger partial charge in [0.05, 0.1) is 6.10 Å². The topological polar surface area (TPSA) is 35.5 Å². The van der Waals surface area contributed by atoms with E-state index in [1.165, 1.54) is 45.2 Å². The molecular formula is C13H26N2O. The minimum Gasteiger partial charge on any atom is -0.391 e. The molecule has 2 aliphatic rings. The van der Waals surface area contributed by atoms with Crippen LogP contribution in [0.2, 0.25) is 0 Å². The second-order valence-electron chi connectivity index (χ2n) is 5.44. The molecule has 1 heterocycles. The van der Waals surface area contributed by atoms with Gasteiger partial charge in [0.2, 0.25) is 0 Å². The van der Waals surface area contributed by atoms with E-state index < -0.39 is 0 Å². The summed E-state index contributed by atoms with van der Waals surface area (Å²) in [7, 11) is 2.03. The van der Waals surface area contributed by atoms with Crippen LogP contribution in [-0.2, 0) is 0 Å². The Morgan fingerprint density at radius 1 is 1.19 bits per heavy atom. The zero-order valence-corrected chi connectivity index (χ0v) is 10.5. The van der Waals surface area contributed by atoms with Crippen molar-refractivity contribution in [3.8, 4) is 0 Å². The van der Waals surface area contributed by atoms with Crippen molar-refractivity contribution in [1.29, 1.82) is 0 Å². The van der Waals surface area contributed by atoms with Gasteiger partial charge in [-0.1, -0.05) is 0 Å². The smallest absolute Gasteiger partial charge is 0.0695 e. The van der Waals surface area contributed by atoms with E-state index in [9.17, 15) is 5.11 Å². The average Bonchev–Trinajstić information content (AvgIpc) is 2.74. The van der Waals surface area contributed by atoms with Gasteiger partial charge in [0.1, 0.15) is 0 Å². The number of nitrogens with zero attached hydrogens (tertiary/aromatic N) is 1. The molecule has 0 aromatic rings. The van der Waals surface area contributed by atoms with Gasteiger partial charge >= 0.3 is 0 Å². The molecular weight excluding hydrogens is 200 g/mol. The minimum atomic E-state index is -0.0474. The van der Waals surface area contributed by atoms with Crippen molar-refractivity contribution in [2.24, 2.45) is 5.92 Å². The van der Waals surface area contributed by atoms with Crippen LogP contribution in [0.5, 0.6) is 0 Å². The monoisotopic (exact) mass is 226 g/mol. The van der Waals surface area contributed by atoms with Crippen LogP contribution in [0, 0.1) is 5.92 Å². The van der Waals surface area contributed by atoms with E-state index in [4.69, 9.17) is 0 Å². The Labute approximate surface area is 99.2 Å². The van der Waals surface area contributed by atoms with Crippen LogP contribution in [0.1, 0.15) is 38.5 Å². The lowest BCUT2D eigenvalue weighted by Gasteiger charge is -2.37. The lowest BCUT2D eigenvalue weighted by atomic mass is 9.92. The number of aliphatic hydroxyl groups excluding tert-OH is 1. The lowest BCUT2D eigenvalue weighted by Crippen LogP contribution is -2.45. The molecule has 3 nitrogen and oxygen atoms in total. The summed E-state index contributed by atoms with van der Waals surface area (Å²) in [6.07, 6.45) is 7.36. The van der Waals surface area contributed by atoms with Gasteiger partial charge in [-0.05, 0) is 71.1 Å². The Kier molecular flexibility index (Phi) is 4.62. The number of aliphatic hydroxyl groups is 1. The van der Waals surface area contributed by atoms with Gasteiger partial charge in [-0.15, -0.1) is 0 Å². The van der Waals surface area contributed by atoms with E-state index in [0.29, 0.717) is 6.04 Å². The van der Waals surface area contributed by atoms with Crippen LogP contribution in [0.25, 0.3) is 0 Å². The Bertz CT molecular complexity index is 202. The molecule has 1 aliphatic heterocycles. The highest BCUT2D eigenvalue weighted by Gasteiger charge is 2.32. The minimum absolute atomic E-state index is 0.0474. The summed E-state index contributed by atoms with van der Waals surface area (Å²) >= 11 is 0. The predicted molar refractivity (Wildman–Crippen MR) is 66.5 cm³/mol. The fourth-order valence-corrected chi connectivity index (χ4v) is 3.27. The van der Waals surface area contributed by atoms with E-state index in [1.54, 1.807) is 0 Å². The van der Waals surface area contributed by atoms with Crippen molar-refractivity contribution in [3.05, 3.63) is 0 Å². The number of hydrogen-bond acceptors (Lipinski definition) is 3. The second kappa shape index (κ2) is 5.99. The molecule has 2 unspecified atom stereocenters. The van der Waals surface area contributed by atoms with E-state index in [2.05, 4.69) is 10.2 Å². The predicted octanol–water partition coefficient (Wildman–Crippen LogP) is 1.22. The molecule has 2 atom stereocenters. The zero-order valence-electron chi connectivity index (χ0n) is 10.5. The lowest BCUT2D eigenvalue weighted by molar-refractivity contribution is 0.0473. The first kappa shape index (κ1) is 12.3. The molecule has 0 radical (unpaired) electrons. The molecule has 0 amide bonds. The van der Waals surface area contributed by atoms with Crippen molar-refractivity contribution < 1.29 is 5.11 Å². The summed E-state index contributed by atoms with van der Waals surface area (Å²) in [5.74, 6) is 0.905. The number of nitrogens with one attached hydrogen (secondary N) is 1. The third kappa shape index (κ3) is 2.96. The van der Waals surface area contributed by atoms with Crippen LogP contribution in [-0.4, -0.2) is 48.8 Å². The first-order chi connectivity index (χ1) is 7.81. The Hall–Kier alpha value is -0.120. The second-order valence-corrected chi connectivity index (χ2v) is 5.44. The summed E-state index contributed by atoms with van der Waals surface area (Å²) in [5, 5.41) is 13.1. The first-order valence-electron chi connectivity index (χ1n) is 6.88. The molecule has 94 valence electrons. The molecule has 0 bridgehead atoms. The molecule has 16 heavy (non-hydrogen) atoms. The summed E-state index contributed by atoms with van der Waals surface area (Å²) < 4.78 is 0. The van der Waals surface area contributed by atoms with Crippen LogP contribution in [0.3, 0.4) is 0 Å². The Morgan fingerprint density at radius 2 is 1.94 bits per heavy atom. The van der Waals surface area contributed by atoms with Crippen LogP contribution >= 0.6 is 0 Å². The Morgan fingerprint density at radius 3 is 2.50 bits per heavy atom. The molecule has 1 saturated heterocycles. The summed E-state index contributed by atoms with van der Waals surface area (Å²) in [5.41, 5.74) is 0. The van der Waals surface area contributed by atoms with Crippen LogP contribution < -0.4 is 5.32 Å². The Balaban J connectivity index is 1.72. The van der Waals surface area contributed by atoms with E-state index in [1.807, 2.05) is 7.05 Å². The number of likely N-dealkylation sites (tertiary alicyclic amines) is 1. The highest BCUT2D eigenvalue weighted by Crippen LogP contribution is 2.29. The number of rotatable bonds is 4. The highest BCUT2D eigenvalue weighted by atomic mass is 16.3. The highest BCUT2D eigenvalue weighted by molar-refractivity contribution is 4.87. The maximum Gasteiger partial charge on any atom is 0.0695 e. The maximum atomic E-state index is 9.90. The molecule has 0 spiro atoms. The van der Waals surface area contributed by atoms with Gasteiger partial charge in [0.15, 0.2) is 0 Å². The molecule has 3 heteroatoms. The van der Waals surface area contributed by atoms with Gasteiger partial charge < -0.3 is 10.4 Å². The number of piperidine rings is 1. The third-order valence-corrected chi connectivity index (χ3v) is 4.36. The number of hydrogen-bond donors (Lipinski definition) is 2. The van der Waals surface area contributed by atoms with Gasteiger partial charge in [0.25, 0.3) is 0 Å². The zero-order chi connectivity index (χ0) is 11.4. The van der Waals surface area contributed by atoms with Crippen molar-refractivity contribution >= 4 is 0 Å². The average molecular weight is 226 g/mol. The van der Waals surface area contributed by atoms with Crippen LogP contribution in [0.15, 0.2) is 0 Å². The molecule has 0 aromatic carbocycles. The summed E-state index contributed by atoms with van der Waals surface area (Å²) in [6, 6.07) is 0.477. The van der Waals surface area contributed by atoms with Crippen molar-refractivity contribution in [3.63, 3.8) is 0 Å². The molecule has 1 saturated carbocycles. The summed E-state index contributed by atoms with van der Waals surface area (Å²) in [4.78, 5) is 2.54. The normalized spacial score (nSPS) is 33.4. The van der Waals surface area contributed by atoms with Crippen molar-refractivity contribution in [1.82, 2.24) is 10.2 Å². The fourth-order valence-electron chi connectivity index (χ4n) is 3.27. The van der Waals surface area contributed by atoms with E-state index in [0.717, 1.165) is 18.9 Å². The molecule has 2 N–H and O–H groups in total. The SMILES string of the molecule is CNCCC1CCN(C2CCCC2O)CC1.